The first-order chi connectivity index (χ1) is 14.9. The van der Waals surface area contributed by atoms with Gasteiger partial charge in [-0.3, -0.25) is 0 Å². The Morgan fingerprint density at radius 1 is 1.06 bits per heavy atom. The molecule has 1 heterocycles. The van der Waals surface area contributed by atoms with Crippen LogP contribution in [0.5, 0.6) is 5.75 Å². The maximum Gasteiger partial charge on any atom is 0.157 e. The molecule has 0 amide bonds. The minimum atomic E-state index is -0.392. The lowest BCUT2D eigenvalue weighted by molar-refractivity contribution is 0.306. The van der Waals surface area contributed by atoms with Crippen LogP contribution < -0.4 is 4.74 Å². The molecule has 0 spiro atoms. The molecule has 0 aliphatic heterocycles. The Hall–Kier alpha value is -3.04. The van der Waals surface area contributed by atoms with Crippen molar-refractivity contribution in [2.75, 3.05) is 0 Å². The quantitative estimate of drug-likeness (QED) is 0.310. The molecule has 0 aliphatic rings. The average Bonchev–Trinajstić information content (AvgIpc) is 3.15. The Balaban J connectivity index is 1.62. The van der Waals surface area contributed by atoms with Gasteiger partial charge in [0.25, 0.3) is 0 Å². The van der Waals surface area contributed by atoms with E-state index >= 15 is 0 Å². The number of nitrogens with one attached hydrogen (secondary N) is 1. The highest BCUT2D eigenvalue weighted by Crippen LogP contribution is 2.36. The monoisotopic (exact) mass is 471 g/mol. The molecule has 4 rings (SSSR count). The van der Waals surface area contributed by atoms with E-state index in [-0.39, 0.29) is 22.2 Å². The van der Waals surface area contributed by atoms with Crippen LogP contribution in [-0.2, 0) is 6.61 Å². The third-order valence-corrected chi connectivity index (χ3v) is 5.41. The third kappa shape index (κ3) is 4.67. The lowest BCUT2D eigenvalue weighted by Gasteiger charge is -2.12. The summed E-state index contributed by atoms with van der Waals surface area (Å²) in [6.45, 7) is 0.202. The summed E-state index contributed by atoms with van der Waals surface area (Å²) in [5, 5.41) is 10.8. The number of ether oxygens (including phenoxy) is 1. The van der Waals surface area contributed by atoms with Gasteiger partial charge in [-0.1, -0.05) is 53.0 Å². The highest BCUT2D eigenvalue weighted by molar-refractivity contribution is 6.37. The van der Waals surface area contributed by atoms with Crippen LogP contribution in [0.3, 0.4) is 0 Å². The van der Waals surface area contributed by atoms with Gasteiger partial charge < -0.3 is 9.72 Å². The molecule has 4 nitrogen and oxygen atoms in total. The number of aromatic amines is 1. The van der Waals surface area contributed by atoms with Gasteiger partial charge in [0.1, 0.15) is 24.3 Å². The molecule has 0 saturated heterocycles. The number of rotatable bonds is 5. The molecule has 4 aromatic rings. The standard InChI is InChI=1S/C23H13Cl3FN3O/c24-17-4-2-1-3-14(17)12-31-22-18(25)8-13(9-19(22)26)7-15(11-28)23-29-20-6-5-16(27)10-21(20)30-23/h1-10H,12H2,(H,29,30)/b15-7-. The van der Waals surface area contributed by atoms with E-state index in [0.29, 0.717) is 33.2 Å². The van der Waals surface area contributed by atoms with Gasteiger partial charge in [0.15, 0.2) is 5.75 Å². The van der Waals surface area contributed by atoms with Crippen molar-refractivity contribution in [3.05, 3.63) is 92.4 Å². The summed E-state index contributed by atoms with van der Waals surface area (Å²) in [6.07, 6.45) is 1.59. The van der Waals surface area contributed by atoms with Crippen molar-refractivity contribution in [1.29, 1.82) is 5.26 Å². The van der Waals surface area contributed by atoms with E-state index in [1.165, 1.54) is 12.1 Å². The molecule has 0 bridgehead atoms. The topological polar surface area (TPSA) is 61.7 Å². The van der Waals surface area contributed by atoms with E-state index in [1.807, 2.05) is 18.2 Å². The van der Waals surface area contributed by atoms with Gasteiger partial charge in [-0.05, 0) is 48.0 Å². The normalized spacial score (nSPS) is 11.5. The number of nitriles is 1. The van der Waals surface area contributed by atoms with Crippen molar-refractivity contribution in [1.82, 2.24) is 9.97 Å². The number of nitrogens with zero attached hydrogens (tertiary/aromatic N) is 2. The molecule has 3 aromatic carbocycles. The lowest BCUT2D eigenvalue weighted by Crippen LogP contribution is -1.98. The molecule has 0 saturated carbocycles. The van der Waals surface area contributed by atoms with E-state index in [2.05, 4.69) is 16.0 Å². The van der Waals surface area contributed by atoms with E-state index < -0.39 is 5.82 Å². The zero-order valence-corrected chi connectivity index (χ0v) is 18.1. The molecular formula is C23H13Cl3FN3O. The molecule has 1 aromatic heterocycles. The van der Waals surface area contributed by atoms with Crippen molar-refractivity contribution in [2.24, 2.45) is 0 Å². The van der Waals surface area contributed by atoms with Gasteiger partial charge in [0.2, 0.25) is 0 Å². The number of halogens is 4. The Bertz CT molecular complexity index is 1330. The fourth-order valence-electron chi connectivity index (χ4n) is 3.00. The number of imidazole rings is 1. The molecule has 0 radical (unpaired) electrons. The second kappa shape index (κ2) is 8.99. The fourth-order valence-corrected chi connectivity index (χ4v) is 3.80. The molecule has 0 atom stereocenters. The highest BCUT2D eigenvalue weighted by atomic mass is 35.5. The third-order valence-electron chi connectivity index (χ3n) is 4.48. The fraction of sp³-hybridized carbons (Fsp3) is 0.0435. The van der Waals surface area contributed by atoms with E-state index in [9.17, 15) is 9.65 Å². The van der Waals surface area contributed by atoms with Crippen LogP contribution in [0.1, 0.15) is 17.0 Å². The summed E-state index contributed by atoms with van der Waals surface area (Å²) in [5.74, 6) is 0.239. The van der Waals surface area contributed by atoms with Crippen LogP contribution in [0.2, 0.25) is 15.1 Å². The summed E-state index contributed by atoms with van der Waals surface area (Å²) in [5.41, 5.74) is 2.68. The van der Waals surface area contributed by atoms with Crippen molar-refractivity contribution in [3.8, 4) is 11.8 Å². The first-order valence-electron chi connectivity index (χ1n) is 9.07. The number of H-pyrrole nitrogens is 1. The predicted octanol–water partition coefficient (Wildman–Crippen LogP) is 7.31. The largest absolute Gasteiger partial charge is 0.486 e. The Morgan fingerprint density at radius 2 is 1.81 bits per heavy atom. The maximum atomic E-state index is 13.4. The number of fused-ring (bicyclic) bond motifs is 1. The number of hydrogen-bond donors (Lipinski definition) is 1. The minimum Gasteiger partial charge on any atom is -0.486 e. The van der Waals surface area contributed by atoms with Gasteiger partial charge in [-0.15, -0.1) is 0 Å². The van der Waals surface area contributed by atoms with Crippen LogP contribution in [0, 0.1) is 17.1 Å². The van der Waals surface area contributed by atoms with E-state index in [1.54, 1.807) is 30.3 Å². The van der Waals surface area contributed by atoms with Crippen LogP contribution in [0.4, 0.5) is 4.39 Å². The Morgan fingerprint density at radius 3 is 2.52 bits per heavy atom. The second-order valence-corrected chi connectivity index (χ2v) is 7.83. The second-order valence-electron chi connectivity index (χ2n) is 6.61. The van der Waals surface area contributed by atoms with Gasteiger partial charge in [0, 0.05) is 10.6 Å². The Labute approximate surface area is 192 Å². The summed E-state index contributed by atoms with van der Waals surface area (Å²) in [4.78, 5) is 7.29. The number of benzene rings is 3. The van der Waals surface area contributed by atoms with Crippen molar-refractivity contribution >= 4 is 57.5 Å². The first kappa shape index (κ1) is 21.2. The summed E-state index contributed by atoms with van der Waals surface area (Å²) in [7, 11) is 0. The average molecular weight is 473 g/mol. The first-order valence-corrected chi connectivity index (χ1v) is 10.2. The Kier molecular flexibility index (Phi) is 6.15. The lowest BCUT2D eigenvalue weighted by atomic mass is 10.1. The van der Waals surface area contributed by atoms with Gasteiger partial charge in [-0.2, -0.15) is 5.26 Å². The number of allylic oxidation sites excluding steroid dienone is 1. The van der Waals surface area contributed by atoms with Gasteiger partial charge in [-0.25, -0.2) is 9.37 Å². The smallest absolute Gasteiger partial charge is 0.157 e. The summed E-state index contributed by atoms with van der Waals surface area (Å²) >= 11 is 18.9. The van der Waals surface area contributed by atoms with Crippen molar-refractivity contribution in [3.63, 3.8) is 0 Å². The maximum absolute atomic E-state index is 13.4. The zero-order chi connectivity index (χ0) is 22.0. The molecule has 0 aliphatic carbocycles. The van der Waals surface area contributed by atoms with Crippen LogP contribution in [-0.4, -0.2) is 9.97 Å². The van der Waals surface area contributed by atoms with Crippen LogP contribution >= 0.6 is 34.8 Å². The zero-order valence-electron chi connectivity index (χ0n) is 15.8. The molecule has 0 fully saturated rings. The summed E-state index contributed by atoms with van der Waals surface area (Å²) < 4.78 is 19.2. The minimum absolute atomic E-state index is 0.202. The van der Waals surface area contributed by atoms with Gasteiger partial charge >= 0.3 is 0 Å². The van der Waals surface area contributed by atoms with E-state index in [0.717, 1.165) is 5.56 Å². The molecule has 1 N–H and O–H groups in total. The van der Waals surface area contributed by atoms with Crippen molar-refractivity contribution in [2.45, 2.75) is 6.61 Å². The van der Waals surface area contributed by atoms with Crippen LogP contribution in [0.15, 0.2) is 54.6 Å². The SMILES string of the molecule is N#C/C(=C/c1cc(Cl)c(OCc2ccccc2Cl)c(Cl)c1)c1nc2ccc(F)cc2[nH]1. The van der Waals surface area contributed by atoms with Crippen LogP contribution in [0.25, 0.3) is 22.7 Å². The predicted molar refractivity (Wildman–Crippen MR) is 122 cm³/mol. The van der Waals surface area contributed by atoms with Crippen molar-refractivity contribution < 1.29 is 9.13 Å². The molecule has 8 heteroatoms. The summed E-state index contributed by atoms with van der Waals surface area (Å²) in [6, 6.07) is 16.8. The molecule has 0 unspecified atom stereocenters. The highest BCUT2D eigenvalue weighted by Gasteiger charge is 2.13. The number of hydrogen-bond acceptors (Lipinski definition) is 3. The number of aromatic nitrogens is 2. The van der Waals surface area contributed by atoms with E-state index in [4.69, 9.17) is 39.5 Å². The molecule has 31 heavy (non-hydrogen) atoms. The molecular weight excluding hydrogens is 460 g/mol. The molecule has 154 valence electrons. The van der Waals surface area contributed by atoms with Gasteiger partial charge in [0.05, 0.1) is 26.7 Å².